The summed E-state index contributed by atoms with van der Waals surface area (Å²) in [6.45, 7) is 15.2. The van der Waals surface area contributed by atoms with Gasteiger partial charge in [0, 0.05) is 6.04 Å². The van der Waals surface area contributed by atoms with Crippen molar-refractivity contribution in [1.29, 1.82) is 0 Å². The molecule has 0 heterocycles. The zero-order valence-corrected chi connectivity index (χ0v) is 21.3. The molecule has 0 bridgehead atoms. The quantitative estimate of drug-likeness (QED) is 0.481. The summed E-state index contributed by atoms with van der Waals surface area (Å²) in [7, 11) is 0. The van der Waals surface area contributed by atoms with E-state index in [1.54, 1.807) is 12.8 Å². The zero-order valence-electron chi connectivity index (χ0n) is 21.3. The molecule has 4 aliphatic rings. The van der Waals surface area contributed by atoms with Crippen molar-refractivity contribution in [2.75, 3.05) is 0 Å². The smallest absolute Gasteiger partial charge is 0.00418 e. The molecular weight excluding hydrogens is 362 g/mol. The molecule has 4 rings (SSSR count). The summed E-state index contributed by atoms with van der Waals surface area (Å²) in [4.78, 5) is 0. The second-order valence-corrected chi connectivity index (χ2v) is 14.3. The number of nitrogens with two attached hydrogens (primary N) is 1. The molecule has 1 heteroatoms. The van der Waals surface area contributed by atoms with Gasteiger partial charge < -0.3 is 5.73 Å². The normalized spacial score (nSPS) is 47.3. The highest BCUT2D eigenvalue weighted by Gasteiger charge is 2.61. The molecule has 0 aromatic heterocycles. The number of rotatable bonds is 5. The zero-order chi connectivity index (χ0) is 21.7. The van der Waals surface area contributed by atoms with Gasteiger partial charge in [0.1, 0.15) is 0 Å². The maximum atomic E-state index is 6.41. The Kier molecular flexibility index (Phi) is 6.47. The number of fused-ring (bicyclic) bond motifs is 5. The van der Waals surface area contributed by atoms with Gasteiger partial charge in [0.15, 0.2) is 0 Å². The molecule has 4 saturated carbocycles. The minimum absolute atomic E-state index is 0.486. The Morgan fingerprint density at radius 2 is 1.63 bits per heavy atom. The van der Waals surface area contributed by atoms with Gasteiger partial charge in [-0.2, -0.15) is 0 Å². The molecule has 1 nitrogen and oxygen atoms in total. The van der Waals surface area contributed by atoms with E-state index in [9.17, 15) is 0 Å². The van der Waals surface area contributed by atoms with E-state index in [0.717, 1.165) is 35.5 Å². The van der Waals surface area contributed by atoms with Gasteiger partial charge in [0.2, 0.25) is 0 Å². The molecule has 0 aromatic rings. The molecule has 0 spiro atoms. The van der Waals surface area contributed by atoms with E-state index in [-0.39, 0.29) is 0 Å². The maximum absolute atomic E-state index is 6.41. The highest BCUT2D eigenvalue weighted by Crippen LogP contribution is 2.69. The van der Waals surface area contributed by atoms with Crippen molar-refractivity contribution in [3.8, 4) is 0 Å². The van der Waals surface area contributed by atoms with Crippen molar-refractivity contribution in [2.24, 2.45) is 57.5 Å². The fourth-order valence-electron chi connectivity index (χ4n) is 9.32. The molecule has 0 aromatic carbocycles. The first-order chi connectivity index (χ1) is 14.0. The van der Waals surface area contributed by atoms with Crippen LogP contribution >= 0.6 is 0 Å². The van der Waals surface area contributed by atoms with E-state index >= 15 is 0 Å². The SMILES string of the molecule is CC(CCC1CCC2C1CCC1C3(C)CCC(N)CC3CCC21C)CCC(C)(C)C. The Hall–Kier alpha value is -0.0400. The van der Waals surface area contributed by atoms with Gasteiger partial charge in [0.05, 0.1) is 0 Å². The summed E-state index contributed by atoms with van der Waals surface area (Å²) in [6.07, 6.45) is 18.9. The van der Waals surface area contributed by atoms with Crippen LogP contribution in [0.25, 0.3) is 0 Å². The molecular formula is C29H53N. The first-order valence-corrected chi connectivity index (χ1v) is 13.8. The van der Waals surface area contributed by atoms with Crippen molar-refractivity contribution in [1.82, 2.24) is 0 Å². The summed E-state index contributed by atoms with van der Waals surface area (Å²) < 4.78 is 0. The van der Waals surface area contributed by atoms with Crippen LogP contribution in [0.2, 0.25) is 0 Å². The summed E-state index contributed by atoms with van der Waals surface area (Å²) in [6, 6.07) is 0.486. The Bertz CT molecular complexity index is 590. The van der Waals surface area contributed by atoms with Crippen molar-refractivity contribution < 1.29 is 0 Å². The molecule has 0 aliphatic heterocycles. The van der Waals surface area contributed by atoms with E-state index in [0.29, 0.717) is 22.3 Å². The first kappa shape index (κ1) is 23.1. The molecule has 4 aliphatic carbocycles. The lowest BCUT2D eigenvalue weighted by atomic mass is 9.41. The Labute approximate surface area is 188 Å². The van der Waals surface area contributed by atoms with Gasteiger partial charge in [0.25, 0.3) is 0 Å². The van der Waals surface area contributed by atoms with E-state index in [2.05, 4.69) is 41.5 Å². The van der Waals surface area contributed by atoms with Crippen molar-refractivity contribution >= 4 is 0 Å². The second-order valence-electron chi connectivity index (χ2n) is 14.3. The predicted molar refractivity (Wildman–Crippen MR) is 130 cm³/mol. The second kappa shape index (κ2) is 8.39. The van der Waals surface area contributed by atoms with Crippen LogP contribution in [-0.2, 0) is 0 Å². The van der Waals surface area contributed by atoms with Crippen molar-refractivity contribution in [2.45, 2.75) is 131 Å². The lowest BCUT2D eigenvalue weighted by molar-refractivity contribution is -0.144. The van der Waals surface area contributed by atoms with Gasteiger partial charge >= 0.3 is 0 Å². The molecule has 30 heavy (non-hydrogen) atoms. The molecule has 174 valence electrons. The molecule has 0 radical (unpaired) electrons. The molecule has 9 unspecified atom stereocenters. The van der Waals surface area contributed by atoms with Gasteiger partial charge in [-0.3, -0.25) is 0 Å². The van der Waals surface area contributed by atoms with Gasteiger partial charge in [-0.25, -0.2) is 0 Å². The number of hydrogen-bond acceptors (Lipinski definition) is 1. The van der Waals surface area contributed by atoms with Crippen LogP contribution in [-0.4, -0.2) is 6.04 Å². The summed E-state index contributed by atoms with van der Waals surface area (Å²) >= 11 is 0. The van der Waals surface area contributed by atoms with E-state index in [1.807, 2.05) is 0 Å². The van der Waals surface area contributed by atoms with Gasteiger partial charge in [-0.1, -0.05) is 54.4 Å². The number of hydrogen-bond donors (Lipinski definition) is 1. The fraction of sp³-hybridized carbons (Fsp3) is 1.00. The lowest BCUT2D eigenvalue weighted by Crippen LogP contribution is -2.57. The van der Waals surface area contributed by atoms with Crippen LogP contribution in [0.5, 0.6) is 0 Å². The third kappa shape index (κ3) is 4.27. The summed E-state index contributed by atoms with van der Waals surface area (Å²) in [5, 5.41) is 0. The van der Waals surface area contributed by atoms with Gasteiger partial charge in [-0.15, -0.1) is 0 Å². The van der Waals surface area contributed by atoms with Crippen molar-refractivity contribution in [3.05, 3.63) is 0 Å². The van der Waals surface area contributed by atoms with E-state index < -0.39 is 0 Å². The van der Waals surface area contributed by atoms with Crippen LogP contribution in [0.3, 0.4) is 0 Å². The third-order valence-corrected chi connectivity index (χ3v) is 11.2. The summed E-state index contributed by atoms with van der Waals surface area (Å²) in [5.41, 5.74) is 8.12. The van der Waals surface area contributed by atoms with Crippen LogP contribution in [0.4, 0.5) is 0 Å². The van der Waals surface area contributed by atoms with E-state index in [4.69, 9.17) is 5.73 Å². The largest absolute Gasteiger partial charge is 0.328 e. The van der Waals surface area contributed by atoms with Crippen LogP contribution in [0.1, 0.15) is 125 Å². The molecule has 4 fully saturated rings. The van der Waals surface area contributed by atoms with Crippen LogP contribution in [0.15, 0.2) is 0 Å². The lowest BCUT2D eigenvalue weighted by Gasteiger charge is -2.64. The average molecular weight is 416 g/mol. The Morgan fingerprint density at radius 1 is 0.900 bits per heavy atom. The monoisotopic (exact) mass is 415 g/mol. The Morgan fingerprint density at radius 3 is 2.37 bits per heavy atom. The Balaban J connectivity index is 1.38. The molecule has 0 saturated heterocycles. The molecule has 2 N–H and O–H groups in total. The molecule has 9 atom stereocenters. The minimum Gasteiger partial charge on any atom is -0.328 e. The minimum atomic E-state index is 0.486. The third-order valence-electron chi connectivity index (χ3n) is 11.2. The van der Waals surface area contributed by atoms with Gasteiger partial charge in [-0.05, 0) is 122 Å². The highest BCUT2D eigenvalue weighted by molar-refractivity contribution is 5.10. The van der Waals surface area contributed by atoms with Crippen LogP contribution < -0.4 is 5.73 Å². The average Bonchev–Trinajstić information content (AvgIpc) is 3.09. The standard InChI is InChI=1S/C29H53N/c1-20(13-16-27(2,3)4)7-8-21-9-11-25-24(21)10-12-26-28(5)18-15-23(30)19-22(28)14-17-29(25,26)6/h20-26H,7-19,30H2,1-6H3. The van der Waals surface area contributed by atoms with Crippen LogP contribution in [0, 0.1) is 51.8 Å². The topological polar surface area (TPSA) is 26.0 Å². The predicted octanol–water partition coefficient (Wildman–Crippen LogP) is 8.22. The van der Waals surface area contributed by atoms with E-state index in [1.165, 1.54) is 70.6 Å². The van der Waals surface area contributed by atoms with Crippen molar-refractivity contribution in [3.63, 3.8) is 0 Å². The first-order valence-electron chi connectivity index (χ1n) is 13.8. The fourth-order valence-corrected chi connectivity index (χ4v) is 9.32. The highest BCUT2D eigenvalue weighted by atomic mass is 14.7. The maximum Gasteiger partial charge on any atom is 0.00418 e. The summed E-state index contributed by atoms with van der Waals surface area (Å²) in [5.74, 6) is 5.91. The molecule has 0 amide bonds.